The van der Waals surface area contributed by atoms with Crippen LogP contribution >= 0.6 is 10.7 Å². The summed E-state index contributed by atoms with van der Waals surface area (Å²) in [4.78, 5) is 2.52. The van der Waals surface area contributed by atoms with Crippen molar-refractivity contribution in [3.8, 4) is 0 Å². The molecule has 0 aliphatic carbocycles. The van der Waals surface area contributed by atoms with E-state index < -0.39 is 37.8 Å². The third-order valence-electron chi connectivity index (χ3n) is 1.39. The maximum Gasteiger partial charge on any atom is 0.279 e. The summed E-state index contributed by atoms with van der Waals surface area (Å²) < 4.78 is 70.8. The van der Waals surface area contributed by atoms with Crippen LogP contribution in [0.4, 0.5) is 17.6 Å². The van der Waals surface area contributed by atoms with Gasteiger partial charge in [0.1, 0.15) is 0 Å². The van der Waals surface area contributed by atoms with E-state index in [2.05, 4.69) is 4.98 Å². The van der Waals surface area contributed by atoms with E-state index in [1.165, 1.54) is 0 Å². The van der Waals surface area contributed by atoms with Crippen LogP contribution in [0.1, 0.15) is 12.0 Å². The van der Waals surface area contributed by atoms with Gasteiger partial charge in [-0.2, -0.15) is 4.39 Å². The maximum absolute atomic E-state index is 12.5. The van der Waals surface area contributed by atoms with Gasteiger partial charge in [0.25, 0.3) is 15.5 Å². The Labute approximate surface area is 86.1 Å². The van der Waals surface area contributed by atoms with Gasteiger partial charge in [-0.3, -0.25) is 0 Å². The lowest BCUT2D eigenvalue weighted by atomic mass is 10.3. The van der Waals surface area contributed by atoms with Gasteiger partial charge in [0, 0.05) is 10.7 Å². The van der Waals surface area contributed by atoms with Crippen molar-refractivity contribution in [2.45, 2.75) is 11.5 Å². The predicted molar refractivity (Wildman–Crippen MR) is 42.1 cm³/mol. The third kappa shape index (κ3) is 2.57. The Kier molecular flexibility index (Phi) is 3.19. The molecule has 0 aliphatic heterocycles. The lowest BCUT2D eigenvalue weighted by molar-refractivity contribution is 0.146. The van der Waals surface area contributed by atoms with Crippen molar-refractivity contribution in [3.05, 3.63) is 23.4 Å². The first-order chi connectivity index (χ1) is 6.73. The normalized spacial score (nSPS) is 12.1. The second kappa shape index (κ2) is 3.93. The summed E-state index contributed by atoms with van der Waals surface area (Å²) in [5.41, 5.74) is -1.27. The fourth-order valence-electron chi connectivity index (χ4n) is 0.817. The van der Waals surface area contributed by atoms with Crippen molar-refractivity contribution in [2.75, 3.05) is 0 Å². The van der Waals surface area contributed by atoms with Crippen LogP contribution in [0.5, 0.6) is 0 Å². The van der Waals surface area contributed by atoms with E-state index in [-0.39, 0.29) is 6.07 Å². The molecule has 1 heterocycles. The fourth-order valence-corrected chi connectivity index (χ4v) is 1.81. The summed E-state index contributed by atoms with van der Waals surface area (Å²) in [6.45, 7) is 0. The molecule has 0 bridgehead atoms. The second-order valence-electron chi connectivity index (χ2n) is 2.39. The molecule has 0 aromatic carbocycles. The molecule has 0 amide bonds. The second-order valence-corrected chi connectivity index (χ2v) is 4.88. The minimum Gasteiger partial charge on any atom is -0.205 e. The lowest BCUT2D eigenvalue weighted by Crippen LogP contribution is -2.06. The van der Waals surface area contributed by atoms with Gasteiger partial charge in [-0.25, -0.2) is 26.6 Å². The Balaban J connectivity index is 3.56. The number of nitrogens with zero attached hydrogens (tertiary/aromatic N) is 1. The van der Waals surface area contributed by atoms with E-state index in [4.69, 9.17) is 10.7 Å². The number of hydrogen-bond acceptors (Lipinski definition) is 3. The molecule has 1 aromatic heterocycles. The molecule has 0 fully saturated rings. The van der Waals surface area contributed by atoms with Crippen LogP contribution in [0, 0.1) is 11.8 Å². The highest BCUT2D eigenvalue weighted by atomic mass is 35.7. The summed E-state index contributed by atoms with van der Waals surface area (Å²) in [6.07, 6.45) is -3.32. The van der Waals surface area contributed by atoms with Gasteiger partial charge in [-0.15, -0.1) is 0 Å². The summed E-state index contributed by atoms with van der Waals surface area (Å²) in [7, 11) is 0.0761. The Morgan fingerprint density at radius 3 is 2.27 bits per heavy atom. The van der Waals surface area contributed by atoms with E-state index >= 15 is 0 Å². The van der Waals surface area contributed by atoms with Gasteiger partial charge in [-0.05, 0) is 6.07 Å². The molecule has 3 nitrogen and oxygen atoms in total. The van der Waals surface area contributed by atoms with Crippen molar-refractivity contribution in [3.63, 3.8) is 0 Å². The van der Waals surface area contributed by atoms with Crippen LogP contribution < -0.4 is 0 Å². The Hall–Kier alpha value is -0.890. The zero-order chi connectivity index (χ0) is 11.8. The highest BCUT2D eigenvalue weighted by molar-refractivity contribution is 8.13. The summed E-state index contributed by atoms with van der Waals surface area (Å²) in [6, 6.07) is 0.0439. The van der Waals surface area contributed by atoms with Gasteiger partial charge < -0.3 is 0 Å². The van der Waals surface area contributed by atoms with Crippen LogP contribution in [-0.4, -0.2) is 13.4 Å². The molecule has 9 heteroatoms. The molecule has 0 saturated heterocycles. The number of halogens is 5. The summed E-state index contributed by atoms with van der Waals surface area (Å²) >= 11 is 0. The number of rotatable bonds is 2. The molecule has 15 heavy (non-hydrogen) atoms. The van der Waals surface area contributed by atoms with E-state index in [1.807, 2.05) is 0 Å². The smallest absolute Gasteiger partial charge is 0.205 e. The molecule has 0 radical (unpaired) electrons. The van der Waals surface area contributed by atoms with Crippen LogP contribution in [0.25, 0.3) is 0 Å². The van der Waals surface area contributed by atoms with Crippen LogP contribution in [0.2, 0.25) is 0 Å². The summed E-state index contributed by atoms with van der Waals surface area (Å²) in [5.74, 6) is -3.48. The summed E-state index contributed by atoms with van der Waals surface area (Å²) in [5, 5.41) is -1.38. The average molecular weight is 264 g/mol. The van der Waals surface area contributed by atoms with Crippen molar-refractivity contribution >= 4 is 19.7 Å². The highest BCUT2D eigenvalue weighted by Crippen LogP contribution is 2.28. The Bertz CT molecular complexity index is 490. The van der Waals surface area contributed by atoms with Crippen LogP contribution in [-0.2, 0) is 9.05 Å². The van der Waals surface area contributed by atoms with Crippen molar-refractivity contribution < 1.29 is 26.0 Å². The largest absolute Gasteiger partial charge is 0.279 e. The highest BCUT2D eigenvalue weighted by Gasteiger charge is 2.26. The van der Waals surface area contributed by atoms with Gasteiger partial charge in [0.05, 0.1) is 5.56 Å². The number of aromatic nitrogens is 1. The van der Waals surface area contributed by atoms with Gasteiger partial charge >= 0.3 is 0 Å². The average Bonchev–Trinajstić information content (AvgIpc) is 2.06. The zero-order valence-corrected chi connectivity index (χ0v) is 8.29. The monoisotopic (exact) mass is 263 g/mol. The molecule has 0 N–H and O–H groups in total. The minimum atomic E-state index is -4.64. The number of alkyl halides is 2. The first-order valence-corrected chi connectivity index (χ1v) is 5.63. The Morgan fingerprint density at radius 1 is 1.33 bits per heavy atom. The maximum atomic E-state index is 12.5. The standard InChI is InChI=1S/C6H2ClF4NO2S/c7-15(13,14)6-2(4(9)10)1-3(8)5(11)12-6/h1,4H. The van der Waals surface area contributed by atoms with Gasteiger partial charge in [-0.1, -0.05) is 0 Å². The molecule has 0 atom stereocenters. The molecule has 0 spiro atoms. The molecule has 0 unspecified atom stereocenters. The topological polar surface area (TPSA) is 47.0 Å². The molecule has 1 rings (SSSR count). The SMILES string of the molecule is O=S(=O)(Cl)c1nc(F)c(F)cc1C(F)F. The molecular weight excluding hydrogens is 262 g/mol. The fraction of sp³-hybridized carbons (Fsp3) is 0.167. The van der Waals surface area contributed by atoms with Crippen molar-refractivity contribution in [1.82, 2.24) is 4.98 Å². The van der Waals surface area contributed by atoms with Crippen LogP contribution in [0.3, 0.4) is 0 Å². The molecule has 0 aliphatic rings. The molecule has 0 saturated carbocycles. The first kappa shape index (κ1) is 12.2. The molecular formula is C6H2ClF4NO2S. The van der Waals surface area contributed by atoms with Crippen molar-refractivity contribution in [2.24, 2.45) is 0 Å². The van der Waals surface area contributed by atoms with Gasteiger partial charge in [0.2, 0.25) is 5.95 Å². The quantitative estimate of drug-likeness (QED) is 0.467. The van der Waals surface area contributed by atoms with E-state index in [9.17, 15) is 26.0 Å². The lowest BCUT2D eigenvalue weighted by Gasteiger charge is -2.04. The van der Waals surface area contributed by atoms with Crippen LogP contribution in [0.15, 0.2) is 11.1 Å². The first-order valence-electron chi connectivity index (χ1n) is 3.32. The number of hydrogen-bond donors (Lipinski definition) is 0. The predicted octanol–water partition coefficient (Wildman–Crippen LogP) is 2.22. The van der Waals surface area contributed by atoms with E-state index in [0.29, 0.717) is 0 Å². The molecule has 1 aromatic rings. The third-order valence-corrected chi connectivity index (χ3v) is 2.62. The van der Waals surface area contributed by atoms with E-state index in [1.54, 1.807) is 0 Å². The van der Waals surface area contributed by atoms with E-state index in [0.717, 1.165) is 0 Å². The minimum absolute atomic E-state index is 0.0439. The zero-order valence-electron chi connectivity index (χ0n) is 6.72. The number of pyridine rings is 1. The van der Waals surface area contributed by atoms with Gasteiger partial charge in [0.15, 0.2) is 10.8 Å². The Morgan fingerprint density at radius 2 is 1.87 bits per heavy atom. The molecule has 84 valence electrons. The van der Waals surface area contributed by atoms with Crippen molar-refractivity contribution in [1.29, 1.82) is 0 Å².